The monoisotopic (exact) mass is 401 g/mol. The molecule has 3 heterocycles. The molecule has 0 spiro atoms. The number of amides is 2. The minimum atomic E-state index is -0.386. The lowest BCUT2D eigenvalue weighted by atomic mass is 9.84. The third-order valence-corrected chi connectivity index (χ3v) is 6.03. The number of rotatable bonds is 2. The highest BCUT2D eigenvalue weighted by Crippen LogP contribution is 2.47. The molecule has 5 rings (SSSR count). The van der Waals surface area contributed by atoms with Gasteiger partial charge in [0.25, 0.3) is 5.91 Å². The minimum absolute atomic E-state index is 0.147. The van der Waals surface area contributed by atoms with Gasteiger partial charge in [0.05, 0.1) is 17.6 Å². The molecular formula is C24H23N3O3. The number of carbonyl (C=O) groups is 2. The molecule has 1 atom stereocenters. The molecule has 0 saturated heterocycles. The van der Waals surface area contributed by atoms with Crippen molar-refractivity contribution in [3.05, 3.63) is 71.1 Å². The third-order valence-electron chi connectivity index (χ3n) is 6.03. The number of imide groups is 1. The van der Waals surface area contributed by atoms with Gasteiger partial charge < -0.3 is 15.0 Å². The van der Waals surface area contributed by atoms with Crippen molar-refractivity contribution in [3.8, 4) is 5.75 Å². The first kappa shape index (κ1) is 18.5. The lowest BCUT2D eigenvalue weighted by Gasteiger charge is -2.19. The van der Waals surface area contributed by atoms with Crippen molar-refractivity contribution in [2.75, 3.05) is 11.9 Å². The summed E-state index contributed by atoms with van der Waals surface area (Å²) in [6.45, 7) is 5.89. The lowest BCUT2D eigenvalue weighted by molar-refractivity contribution is -0.139. The number of aromatic hydroxyl groups is 1. The van der Waals surface area contributed by atoms with Crippen molar-refractivity contribution in [2.45, 2.75) is 32.7 Å². The number of phenolic OH excluding ortho intramolecular Hbond substituents is 1. The molecule has 0 bridgehead atoms. The van der Waals surface area contributed by atoms with Gasteiger partial charge in [-0.3, -0.25) is 14.5 Å². The summed E-state index contributed by atoms with van der Waals surface area (Å²) in [7, 11) is 0. The molecule has 2 amide bonds. The number of carbonyl (C=O) groups excluding carboxylic acids is 2. The third kappa shape index (κ3) is 2.56. The second-order valence-electron chi connectivity index (χ2n) is 8.24. The fourth-order valence-corrected chi connectivity index (χ4v) is 4.71. The van der Waals surface area contributed by atoms with Crippen LogP contribution < -0.4 is 5.32 Å². The summed E-state index contributed by atoms with van der Waals surface area (Å²) < 4.78 is 2.21. The molecule has 6 nitrogen and oxygen atoms in total. The first-order chi connectivity index (χ1) is 14.4. The molecule has 0 fully saturated rings. The summed E-state index contributed by atoms with van der Waals surface area (Å²) in [6.07, 6.45) is 2.11. The largest absolute Gasteiger partial charge is 0.508 e. The van der Waals surface area contributed by atoms with Crippen molar-refractivity contribution in [3.63, 3.8) is 0 Å². The Morgan fingerprint density at radius 1 is 1.20 bits per heavy atom. The van der Waals surface area contributed by atoms with E-state index in [9.17, 15) is 14.7 Å². The van der Waals surface area contributed by atoms with Crippen LogP contribution in [0.15, 0.2) is 59.9 Å². The summed E-state index contributed by atoms with van der Waals surface area (Å²) in [6, 6.07) is 13.4. The number of phenols is 1. The molecule has 0 saturated carbocycles. The zero-order valence-corrected chi connectivity index (χ0v) is 17.1. The molecule has 6 heteroatoms. The quantitative estimate of drug-likeness (QED) is 0.677. The second kappa shape index (κ2) is 6.49. The van der Waals surface area contributed by atoms with E-state index in [1.807, 2.05) is 18.2 Å². The summed E-state index contributed by atoms with van der Waals surface area (Å²) in [5, 5.41) is 14.7. The van der Waals surface area contributed by atoms with E-state index < -0.39 is 0 Å². The van der Waals surface area contributed by atoms with Gasteiger partial charge in [-0.15, -0.1) is 0 Å². The average Bonchev–Trinajstić information content (AvgIpc) is 3.18. The van der Waals surface area contributed by atoms with Gasteiger partial charge in [0.2, 0.25) is 5.91 Å². The second-order valence-corrected chi connectivity index (χ2v) is 8.24. The molecule has 0 aliphatic carbocycles. The van der Waals surface area contributed by atoms with Gasteiger partial charge >= 0.3 is 0 Å². The Kier molecular flexibility index (Phi) is 4.00. The number of benzene rings is 2. The molecule has 2 aliphatic heterocycles. The van der Waals surface area contributed by atoms with Crippen molar-refractivity contribution >= 4 is 28.4 Å². The summed E-state index contributed by atoms with van der Waals surface area (Å²) >= 11 is 0. The predicted molar refractivity (Wildman–Crippen MR) is 115 cm³/mol. The molecule has 0 unspecified atom stereocenters. The van der Waals surface area contributed by atoms with E-state index in [0.717, 1.165) is 33.4 Å². The maximum Gasteiger partial charge on any atom is 0.259 e. The van der Waals surface area contributed by atoms with Gasteiger partial charge in [0.15, 0.2) is 0 Å². The number of nitrogens with zero attached hydrogens (tertiary/aromatic N) is 2. The SMILES string of the molecule is CC(=O)N1CC2=C(C1=O)[C@@H](c1cccc(O)c1)c1cn(C(C)C)c3cccc(c13)N2. The normalized spacial score (nSPS) is 18.1. The Labute approximate surface area is 174 Å². The van der Waals surface area contributed by atoms with E-state index in [4.69, 9.17) is 0 Å². The highest BCUT2D eigenvalue weighted by Gasteiger charge is 2.41. The Morgan fingerprint density at radius 3 is 2.67 bits per heavy atom. The van der Waals surface area contributed by atoms with E-state index in [2.05, 4.69) is 36.0 Å². The van der Waals surface area contributed by atoms with Crippen molar-refractivity contribution in [1.29, 1.82) is 0 Å². The molecule has 2 aliphatic rings. The van der Waals surface area contributed by atoms with Crippen LogP contribution in [-0.2, 0) is 9.59 Å². The Morgan fingerprint density at radius 2 is 1.97 bits per heavy atom. The number of nitrogens with one attached hydrogen (secondary N) is 1. The minimum Gasteiger partial charge on any atom is -0.508 e. The Hall–Kier alpha value is -3.54. The van der Waals surface area contributed by atoms with Crippen LogP contribution in [0.2, 0.25) is 0 Å². The molecule has 1 aromatic heterocycles. The molecule has 2 N–H and O–H groups in total. The van der Waals surface area contributed by atoms with Crippen LogP contribution in [0.4, 0.5) is 5.69 Å². The van der Waals surface area contributed by atoms with E-state index in [0.29, 0.717) is 5.57 Å². The number of aromatic nitrogens is 1. The molecule has 152 valence electrons. The van der Waals surface area contributed by atoms with E-state index in [-0.39, 0.29) is 36.1 Å². The number of hydrogen-bond donors (Lipinski definition) is 2. The average molecular weight is 401 g/mol. The predicted octanol–water partition coefficient (Wildman–Crippen LogP) is 4.13. The zero-order chi connectivity index (χ0) is 21.2. The highest BCUT2D eigenvalue weighted by atomic mass is 16.3. The van der Waals surface area contributed by atoms with Crippen LogP contribution in [0.1, 0.15) is 43.9 Å². The summed E-state index contributed by atoms with van der Waals surface area (Å²) in [5.41, 5.74) is 5.14. The zero-order valence-electron chi connectivity index (χ0n) is 17.1. The lowest BCUT2D eigenvalue weighted by Crippen LogP contribution is -2.33. The van der Waals surface area contributed by atoms with Gasteiger partial charge in [0.1, 0.15) is 5.75 Å². The first-order valence-electron chi connectivity index (χ1n) is 10.1. The van der Waals surface area contributed by atoms with E-state index in [1.165, 1.54) is 11.8 Å². The van der Waals surface area contributed by atoms with Crippen LogP contribution in [-0.4, -0.2) is 32.9 Å². The van der Waals surface area contributed by atoms with Crippen LogP contribution in [0.5, 0.6) is 5.75 Å². The summed E-state index contributed by atoms with van der Waals surface area (Å²) in [5.74, 6) is -0.796. The van der Waals surface area contributed by atoms with Crippen molar-refractivity contribution in [2.24, 2.45) is 0 Å². The van der Waals surface area contributed by atoms with Crippen LogP contribution in [0.3, 0.4) is 0 Å². The van der Waals surface area contributed by atoms with Crippen LogP contribution in [0, 0.1) is 0 Å². The van der Waals surface area contributed by atoms with Gasteiger partial charge in [-0.2, -0.15) is 0 Å². The van der Waals surface area contributed by atoms with Crippen LogP contribution >= 0.6 is 0 Å². The van der Waals surface area contributed by atoms with Crippen LogP contribution in [0.25, 0.3) is 10.9 Å². The number of anilines is 1. The smallest absolute Gasteiger partial charge is 0.259 e. The molecule has 30 heavy (non-hydrogen) atoms. The fraction of sp³-hybridized carbons (Fsp3) is 0.250. The molecular weight excluding hydrogens is 378 g/mol. The maximum atomic E-state index is 13.4. The first-order valence-corrected chi connectivity index (χ1v) is 10.1. The van der Waals surface area contributed by atoms with E-state index in [1.54, 1.807) is 18.2 Å². The standard InChI is InChI=1S/C24H23N3O3/c1-13(2)26-11-17-21(15-6-4-7-16(29)10-15)23-19(12-27(14(3)28)24(23)30)25-18-8-5-9-20(26)22(17)18/h4-11,13,21,25,29H,12H2,1-3H3/t21-/m0/s1. The summed E-state index contributed by atoms with van der Waals surface area (Å²) in [4.78, 5) is 26.7. The van der Waals surface area contributed by atoms with Gasteiger partial charge in [-0.25, -0.2) is 0 Å². The molecule has 3 aromatic rings. The molecule has 2 aromatic carbocycles. The van der Waals surface area contributed by atoms with Gasteiger partial charge in [0, 0.05) is 41.9 Å². The van der Waals surface area contributed by atoms with E-state index >= 15 is 0 Å². The van der Waals surface area contributed by atoms with Crippen molar-refractivity contribution < 1.29 is 14.7 Å². The Bertz CT molecular complexity index is 1250. The topological polar surface area (TPSA) is 74.6 Å². The fourth-order valence-electron chi connectivity index (χ4n) is 4.71. The number of hydrogen-bond acceptors (Lipinski definition) is 4. The highest BCUT2D eigenvalue weighted by molar-refractivity contribution is 6.11. The maximum absolute atomic E-state index is 13.4. The molecule has 0 radical (unpaired) electrons. The van der Waals surface area contributed by atoms with Gasteiger partial charge in [-0.1, -0.05) is 18.2 Å². The van der Waals surface area contributed by atoms with Crippen molar-refractivity contribution in [1.82, 2.24) is 9.47 Å². The Balaban J connectivity index is 1.83. The van der Waals surface area contributed by atoms with Gasteiger partial charge in [-0.05, 0) is 49.2 Å².